The lowest BCUT2D eigenvalue weighted by Crippen LogP contribution is -2.36. The molecule has 1 aliphatic rings. The van der Waals surface area contributed by atoms with Crippen molar-refractivity contribution in [2.45, 2.75) is 12.8 Å². The summed E-state index contributed by atoms with van der Waals surface area (Å²) in [5, 5.41) is 8.84. The van der Waals surface area contributed by atoms with Crippen LogP contribution >= 0.6 is 22.7 Å². The van der Waals surface area contributed by atoms with E-state index in [1.807, 2.05) is 42.5 Å². The van der Waals surface area contributed by atoms with Crippen LogP contribution in [0, 0.1) is 35.3 Å². The fraction of sp³-hybridized carbons (Fsp3) is 0.190. The van der Waals surface area contributed by atoms with Crippen molar-refractivity contribution in [3.63, 3.8) is 0 Å². The topological polar surface area (TPSA) is 58.5 Å². The highest BCUT2D eigenvalue weighted by Crippen LogP contribution is 2.40. The van der Waals surface area contributed by atoms with E-state index in [9.17, 15) is 8.78 Å². The molecule has 1 fully saturated rings. The second kappa shape index (κ2) is 18.3. The van der Waals surface area contributed by atoms with Crippen molar-refractivity contribution in [1.82, 2.24) is 14.9 Å². The Bertz CT molecular complexity index is 2120. The summed E-state index contributed by atoms with van der Waals surface area (Å²) in [6, 6.07) is 25.1. The molecule has 5 nitrogen and oxygen atoms in total. The summed E-state index contributed by atoms with van der Waals surface area (Å²) in [7, 11) is 0. The van der Waals surface area contributed by atoms with Gasteiger partial charge in [0.05, 0.1) is 29.6 Å². The molecule has 0 aliphatic carbocycles. The van der Waals surface area contributed by atoms with E-state index < -0.39 is 0 Å². The molecule has 2 aromatic carbocycles. The Hall–Kier alpha value is -5.00. The average Bonchev–Trinajstić information content (AvgIpc) is 3.81. The molecule has 0 unspecified atom stereocenters. The summed E-state index contributed by atoms with van der Waals surface area (Å²) in [4.78, 5) is 14.6. The minimum atomic E-state index is -0.251. The molecular weight excluding hydrogens is 681 g/mol. The van der Waals surface area contributed by atoms with Crippen molar-refractivity contribution in [1.29, 1.82) is 0 Å². The molecule has 5 heterocycles. The van der Waals surface area contributed by atoms with Crippen LogP contribution in [0.1, 0.15) is 22.6 Å². The number of ether oxygens (including phenoxy) is 1. The molecule has 0 radical (unpaired) electrons. The van der Waals surface area contributed by atoms with E-state index in [0.29, 0.717) is 6.42 Å². The van der Waals surface area contributed by atoms with E-state index in [-0.39, 0.29) is 18.2 Å². The van der Waals surface area contributed by atoms with Crippen LogP contribution in [0.2, 0.25) is 0 Å². The molecule has 9 heteroatoms. The van der Waals surface area contributed by atoms with Crippen molar-refractivity contribution in [3.8, 4) is 66.8 Å². The molecule has 1 saturated heterocycles. The average molecular weight is 716 g/mol. The van der Waals surface area contributed by atoms with Gasteiger partial charge in [-0.3, -0.25) is 14.9 Å². The zero-order valence-electron chi connectivity index (χ0n) is 27.8. The van der Waals surface area contributed by atoms with Crippen LogP contribution in [0.15, 0.2) is 110 Å². The molecule has 6 aromatic rings. The van der Waals surface area contributed by atoms with Crippen LogP contribution in [-0.2, 0) is 4.74 Å². The molecule has 51 heavy (non-hydrogen) atoms. The molecule has 0 amide bonds. The van der Waals surface area contributed by atoms with Crippen molar-refractivity contribution < 1.29 is 18.6 Å². The number of thiophene rings is 2. The number of benzene rings is 2. The first-order chi connectivity index (χ1) is 25.1. The number of hydrogen-bond donors (Lipinski definition) is 1. The first-order valence-electron chi connectivity index (χ1n) is 16.6. The van der Waals surface area contributed by atoms with E-state index in [4.69, 9.17) is 9.84 Å². The van der Waals surface area contributed by atoms with Crippen LogP contribution in [0.25, 0.3) is 43.1 Å². The molecule has 0 spiro atoms. The van der Waals surface area contributed by atoms with Crippen molar-refractivity contribution >= 4 is 22.7 Å². The molecule has 0 atom stereocenters. The Balaban J connectivity index is 0.000000179. The lowest BCUT2D eigenvalue weighted by molar-refractivity contribution is 0.0390. The summed E-state index contributed by atoms with van der Waals surface area (Å²) < 4.78 is 31.9. The second-order valence-electron chi connectivity index (χ2n) is 11.5. The molecule has 1 aliphatic heterocycles. The second-order valence-corrected chi connectivity index (χ2v) is 13.6. The van der Waals surface area contributed by atoms with Gasteiger partial charge in [-0.15, -0.1) is 22.7 Å². The van der Waals surface area contributed by atoms with Gasteiger partial charge in [0.1, 0.15) is 11.6 Å². The molecule has 7 rings (SSSR count). The van der Waals surface area contributed by atoms with Gasteiger partial charge in [-0.25, -0.2) is 8.78 Å². The van der Waals surface area contributed by atoms with E-state index in [2.05, 4.69) is 44.6 Å². The predicted molar refractivity (Wildman–Crippen MR) is 203 cm³/mol. The maximum Gasteiger partial charge on any atom is 0.123 e. The fourth-order valence-corrected chi connectivity index (χ4v) is 7.54. The third-order valence-corrected chi connectivity index (χ3v) is 10.2. The summed E-state index contributed by atoms with van der Waals surface area (Å²) in [6.07, 6.45) is 8.37. The number of pyridine rings is 2. The molecular formula is C42H35F2N3O2S2. The zero-order valence-corrected chi connectivity index (χ0v) is 29.5. The van der Waals surface area contributed by atoms with Gasteiger partial charge in [-0.05, 0) is 82.9 Å². The van der Waals surface area contributed by atoms with Crippen molar-refractivity contribution in [3.05, 3.63) is 131 Å². The Kier molecular flexibility index (Phi) is 12.8. The smallest absolute Gasteiger partial charge is 0.123 e. The van der Waals surface area contributed by atoms with Gasteiger partial charge < -0.3 is 9.84 Å². The number of aliphatic hydroxyl groups is 1. The molecule has 0 bridgehead atoms. The highest BCUT2D eigenvalue weighted by atomic mass is 32.1. The fourth-order valence-electron chi connectivity index (χ4n) is 5.42. The van der Waals surface area contributed by atoms with Crippen LogP contribution in [0.5, 0.6) is 0 Å². The summed E-state index contributed by atoms with van der Waals surface area (Å²) >= 11 is 3.21. The lowest BCUT2D eigenvalue weighted by Gasteiger charge is -2.25. The normalized spacial score (nSPS) is 12.5. The number of rotatable bonds is 7. The number of aromatic nitrogens is 2. The van der Waals surface area contributed by atoms with Crippen molar-refractivity contribution in [2.24, 2.45) is 0 Å². The Morgan fingerprint density at radius 2 is 1.08 bits per heavy atom. The molecule has 0 saturated carbocycles. The Labute approximate surface area is 305 Å². The van der Waals surface area contributed by atoms with Gasteiger partial charge in [0.15, 0.2) is 0 Å². The van der Waals surface area contributed by atoms with E-state index in [0.717, 1.165) is 92.2 Å². The van der Waals surface area contributed by atoms with Gasteiger partial charge in [0.25, 0.3) is 0 Å². The van der Waals surface area contributed by atoms with Crippen molar-refractivity contribution in [2.75, 3.05) is 39.5 Å². The quantitative estimate of drug-likeness (QED) is 0.167. The van der Waals surface area contributed by atoms with Crippen LogP contribution in [-0.4, -0.2) is 59.4 Å². The number of halogens is 2. The summed E-state index contributed by atoms with van der Waals surface area (Å²) in [5.74, 6) is 12.2. The van der Waals surface area contributed by atoms with Crippen LogP contribution in [0.4, 0.5) is 8.78 Å². The molecule has 256 valence electrons. The monoisotopic (exact) mass is 715 g/mol. The van der Waals surface area contributed by atoms with Gasteiger partial charge in [0, 0.05) is 78.1 Å². The van der Waals surface area contributed by atoms with Crippen LogP contribution in [0.3, 0.4) is 0 Å². The van der Waals surface area contributed by atoms with Gasteiger partial charge in [-0.1, -0.05) is 47.9 Å². The lowest BCUT2D eigenvalue weighted by atomic mass is 10.0. The largest absolute Gasteiger partial charge is 0.395 e. The molecule has 4 aromatic heterocycles. The highest BCUT2D eigenvalue weighted by molar-refractivity contribution is 7.17. The highest BCUT2D eigenvalue weighted by Gasteiger charge is 2.14. The van der Waals surface area contributed by atoms with E-state index >= 15 is 0 Å². The Morgan fingerprint density at radius 3 is 1.53 bits per heavy atom. The first kappa shape index (κ1) is 35.8. The number of morpholine rings is 1. The number of aliphatic hydroxyl groups excluding tert-OH is 1. The van der Waals surface area contributed by atoms with Gasteiger partial charge in [-0.2, -0.15) is 0 Å². The summed E-state index contributed by atoms with van der Waals surface area (Å²) in [6.45, 7) is 4.64. The molecule has 1 N–H and O–H groups in total. The zero-order chi connectivity index (χ0) is 35.3. The first-order valence-corrected chi connectivity index (χ1v) is 18.2. The Morgan fingerprint density at radius 1 is 0.627 bits per heavy atom. The standard InChI is InChI=1S/C23H21FN2OS.C19H14FNOS/c24-20-6-4-19(5-7-20)23-22(18-8-10-25-11-9-18)17-21(28-23)3-1-2-12-26-13-15-27-16-14-26;20-16-6-4-15(5-7-16)19-18(14-8-10-21-11-9-14)13-17(23-19)3-1-2-12-22/h4-11,17H,2,12-16H2;4-11,13,22H,2,12H2. The van der Waals surface area contributed by atoms with E-state index in [1.165, 1.54) is 24.3 Å². The summed E-state index contributed by atoms with van der Waals surface area (Å²) in [5.41, 5.74) is 6.25. The minimum absolute atomic E-state index is 0.0560. The van der Waals surface area contributed by atoms with Gasteiger partial charge >= 0.3 is 0 Å². The third-order valence-electron chi connectivity index (χ3n) is 7.98. The SMILES string of the molecule is Fc1ccc(-c2sc(C#CCCN3CCOCC3)cc2-c2ccncc2)cc1.OCCC#Cc1cc(-c2ccncc2)c(-c2ccc(F)cc2)s1. The van der Waals surface area contributed by atoms with Gasteiger partial charge in [0.2, 0.25) is 0 Å². The predicted octanol–water partition coefficient (Wildman–Crippen LogP) is 9.04. The maximum atomic E-state index is 13.4. The maximum absolute atomic E-state index is 13.4. The van der Waals surface area contributed by atoms with E-state index in [1.54, 1.807) is 59.6 Å². The number of hydrogen-bond acceptors (Lipinski definition) is 7. The number of nitrogens with zero attached hydrogens (tertiary/aromatic N) is 3. The minimum Gasteiger partial charge on any atom is -0.395 e. The third kappa shape index (κ3) is 10.0. The van der Waals surface area contributed by atoms with Crippen LogP contribution < -0.4 is 0 Å².